The molecular formula is C15H10INOS2. The second kappa shape index (κ2) is 6.24. The van der Waals surface area contributed by atoms with Crippen LogP contribution in [0.3, 0.4) is 0 Å². The molecule has 0 fully saturated rings. The summed E-state index contributed by atoms with van der Waals surface area (Å²) in [5.41, 5.74) is 1.76. The van der Waals surface area contributed by atoms with Gasteiger partial charge in [-0.1, -0.05) is 36.0 Å². The second-order valence-corrected chi connectivity index (χ2v) is 7.66. The molecule has 1 heterocycles. The van der Waals surface area contributed by atoms with Crippen LogP contribution in [0.1, 0.15) is 10.4 Å². The van der Waals surface area contributed by atoms with Crippen molar-refractivity contribution in [3.05, 3.63) is 57.7 Å². The fourth-order valence-corrected chi connectivity index (χ4v) is 4.08. The molecule has 0 saturated heterocycles. The van der Waals surface area contributed by atoms with E-state index in [0.717, 1.165) is 23.7 Å². The average Bonchev–Trinajstić information content (AvgIpc) is 2.88. The monoisotopic (exact) mass is 411 g/mol. The summed E-state index contributed by atoms with van der Waals surface area (Å²) in [5, 5.41) is 0. The minimum absolute atomic E-state index is 0.144. The smallest absolute Gasteiger partial charge is 0.173 e. The number of hydrogen-bond acceptors (Lipinski definition) is 4. The molecule has 0 amide bonds. The third kappa shape index (κ3) is 3.21. The van der Waals surface area contributed by atoms with Gasteiger partial charge in [0, 0.05) is 9.13 Å². The van der Waals surface area contributed by atoms with Crippen LogP contribution in [0.15, 0.2) is 52.9 Å². The third-order valence-corrected chi connectivity index (χ3v) is 5.67. The molecular weight excluding hydrogens is 401 g/mol. The van der Waals surface area contributed by atoms with E-state index in [2.05, 4.69) is 33.6 Å². The first-order valence-corrected chi connectivity index (χ1v) is 8.87. The van der Waals surface area contributed by atoms with Crippen LogP contribution in [0, 0.1) is 3.57 Å². The van der Waals surface area contributed by atoms with Crippen molar-refractivity contribution in [2.75, 3.05) is 5.75 Å². The fourth-order valence-electron chi connectivity index (χ4n) is 1.76. The molecule has 2 aromatic carbocycles. The summed E-state index contributed by atoms with van der Waals surface area (Å²) in [6, 6.07) is 15.7. The number of halogens is 1. The molecule has 0 bridgehead atoms. The van der Waals surface area contributed by atoms with Crippen LogP contribution < -0.4 is 0 Å². The predicted molar refractivity (Wildman–Crippen MR) is 93.8 cm³/mol. The van der Waals surface area contributed by atoms with Crippen LogP contribution in [0.4, 0.5) is 0 Å². The first kappa shape index (κ1) is 14.0. The maximum Gasteiger partial charge on any atom is 0.173 e. The number of thioether (sulfide) groups is 1. The van der Waals surface area contributed by atoms with E-state index in [4.69, 9.17) is 0 Å². The number of hydrogen-bond donors (Lipinski definition) is 0. The fraction of sp³-hybridized carbons (Fsp3) is 0.0667. The number of benzene rings is 2. The van der Waals surface area contributed by atoms with E-state index in [-0.39, 0.29) is 5.78 Å². The van der Waals surface area contributed by atoms with Gasteiger partial charge in [-0.15, -0.1) is 11.3 Å². The third-order valence-electron chi connectivity index (χ3n) is 2.77. The Morgan fingerprint density at radius 2 is 1.90 bits per heavy atom. The Kier molecular flexibility index (Phi) is 4.38. The SMILES string of the molecule is O=C(CSc1nc2ccccc2s1)c1ccc(I)cc1. The molecule has 0 radical (unpaired) electrons. The van der Waals surface area contributed by atoms with Crippen molar-refractivity contribution >= 4 is 61.7 Å². The number of fused-ring (bicyclic) bond motifs is 1. The molecule has 1 aromatic heterocycles. The molecule has 2 nitrogen and oxygen atoms in total. The van der Waals surface area contributed by atoms with Gasteiger partial charge in [-0.2, -0.15) is 0 Å². The Labute approximate surface area is 138 Å². The Bertz CT molecular complexity index is 719. The van der Waals surface area contributed by atoms with Gasteiger partial charge < -0.3 is 0 Å². The molecule has 0 saturated carbocycles. The van der Waals surface area contributed by atoms with Crippen molar-refractivity contribution < 1.29 is 4.79 Å². The van der Waals surface area contributed by atoms with Gasteiger partial charge in [-0.05, 0) is 46.9 Å². The van der Waals surface area contributed by atoms with E-state index in [1.807, 2.05) is 42.5 Å². The van der Waals surface area contributed by atoms with Gasteiger partial charge in [0.05, 0.1) is 16.0 Å². The number of ketones is 1. The van der Waals surface area contributed by atoms with E-state index >= 15 is 0 Å². The number of Topliss-reactive ketones (excluding diaryl/α,β-unsaturated/α-hetero) is 1. The van der Waals surface area contributed by atoms with Crippen LogP contribution in [-0.4, -0.2) is 16.5 Å². The molecule has 0 aliphatic rings. The Morgan fingerprint density at radius 3 is 2.65 bits per heavy atom. The van der Waals surface area contributed by atoms with Crippen LogP contribution >= 0.6 is 45.7 Å². The van der Waals surface area contributed by atoms with Crippen molar-refractivity contribution in [1.29, 1.82) is 0 Å². The summed E-state index contributed by atoms with van der Waals surface area (Å²) >= 11 is 5.38. The van der Waals surface area contributed by atoms with Gasteiger partial charge in [-0.3, -0.25) is 4.79 Å². The predicted octanol–water partition coefficient (Wildman–Crippen LogP) is 4.88. The molecule has 100 valence electrons. The zero-order chi connectivity index (χ0) is 13.9. The Hall–Kier alpha value is -0.920. The van der Waals surface area contributed by atoms with E-state index in [0.29, 0.717) is 5.75 Å². The van der Waals surface area contributed by atoms with Crippen LogP contribution in [-0.2, 0) is 0 Å². The van der Waals surface area contributed by atoms with Gasteiger partial charge in [-0.25, -0.2) is 4.98 Å². The quantitative estimate of drug-likeness (QED) is 0.348. The number of thiazole rings is 1. The lowest BCUT2D eigenvalue weighted by Gasteiger charge is -1.99. The van der Waals surface area contributed by atoms with Crippen molar-refractivity contribution in [2.45, 2.75) is 4.34 Å². The summed E-state index contributed by atoms with van der Waals surface area (Å²) in [5.74, 6) is 0.575. The maximum absolute atomic E-state index is 12.1. The highest BCUT2D eigenvalue weighted by atomic mass is 127. The lowest BCUT2D eigenvalue weighted by molar-refractivity contribution is 0.102. The molecule has 3 aromatic rings. The summed E-state index contributed by atoms with van der Waals surface area (Å²) in [6.07, 6.45) is 0. The highest BCUT2D eigenvalue weighted by molar-refractivity contribution is 14.1. The lowest BCUT2D eigenvalue weighted by Crippen LogP contribution is -2.01. The van der Waals surface area contributed by atoms with Crippen molar-refractivity contribution in [3.8, 4) is 0 Å². The van der Waals surface area contributed by atoms with Crippen molar-refractivity contribution in [3.63, 3.8) is 0 Å². The minimum Gasteiger partial charge on any atom is -0.293 e. The number of para-hydroxylation sites is 1. The lowest BCUT2D eigenvalue weighted by atomic mass is 10.2. The largest absolute Gasteiger partial charge is 0.293 e. The maximum atomic E-state index is 12.1. The Balaban J connectivity index is 1.69. The summed E-state index contributed by atoms with van der Waals surface area (Å²) in [7, 11) is 0. The second-order valence-electron chi connectivity index (χ2n) is 4.17. The van der Waals surface area contributed by atoms with Crippen molar-refractivity contribution in [2.24, 2.45) is 0 Å². The highest BCUT2D eigenvalue weighted by Crippen LogP contribution is 2.29. The molecule has 0 N–H and O–H groups in total. The van der Waals surface area contributed by atoms with E-state index in [1.54, 1.807) is 11.3 Å². The zero-order valence-electron chi connectivity index (χ0n) is 10.4. The summed E-state index contributed by atoms with van der Waals surface area (Å²) in [4.78, 5) is 16.6. The number of aromatic nitrogens is 1. The number of carbonyl (C=O) groups is 1. The summed E-state index contributed by atoms with van der Waals surface area (Å²) < 4.78 is 3.25. The highest BCUT2D eigenvalue weighted by Gasteiger charge is 2.09. The molecule has 0 aliphatic heterocycles. The number of carbonyl (C=O) groups excluding carboxylic acids is 1. The molecule has 0 unspecified atom stereocenters. The van der Waals surface area contributed by atoms with Crippen molar-refractivity contribution in [1.82, 2.24) is 4.98 Å². The number of rotatable bonds is 4. The molecule has 0 aliphatic carbocycles. The minimum atomic E-state index is 0.144. The van der Waals surface area contributed by atoms with Gasteiger partial charge in [0.15, 0.2) is 10.1 Å². The topological polar surface area (TPSA) is 30.0 Å². The molecule has 0 atom stereocenters. The van der Waals surface area contributed by atoms with Gasteiger partial charge >= 0.3 is 0 Å². The van der Waals surface area contributed by atoms with Crippen LogP contribution in [0.2, 0.25) is 0 Å². The standard InChI is InChI=1S/C15H10INOS2/c16-11-7-5-10(6-8-11)13(18)9-19-15-17-12-3-1-2-4-14(12)20-15/h1-8H,9H2. The summed E-state index contributed by atoms with van der Waals surface area (Å²) in [6.45, 7) is 0. The van der Waals surface area contributed by atoms with E-state index in [1.165, 1.54) is 11.8 Å². The van der Waals surface area contributed by atoms with Gasteiger partial charge in [0.25, 0.3) is 0 Å². The first-order chi connectivity index (χ1) is 9.72. The molecule has 20 heavy (non-hydrogen) atoms. The van der Waals surface area contributed by atoms with Crippen LogP contribution in [0.25, 0.3) is 10.2 Å². The first-order valence-electron chi connectivity index (χ1n) is 5.99. The normalized spacial score (nSPS) is 10.8. The molecule has 0 spiro atoms. The van der Waals surface area contributed by atoms with E-state index in [9.17, 15) is 4.79 Å². The zero-order valence-corrected chi connectivity index (χ0v) is 14.2. The molecule has 5 heteroatoms. The van der Waals surface area contributed by atoms with E-state index < -0.39 is 0 Å². The Morgan fingerprint density at radius 1 is 1.15 bits per heavy atom. The van der Waals surface area contributed by atoms with Gasteiger partial charge in [0.1, 0.15) is 0 Å². The average molecular weight is 411 g/mol. The number of nitrogens with zero attached hydrogens (tertiary/aromatic N) is 1. The van der Waals surface area contributed by atoms with Gasteiger partial charge in [0.2, 0.25) is 0 Å². The molecule has 3 rings (SSSR count). The van der Waals surface area contributed by atoms with Crippen LogP contribution in [0.5, 0.6) is 0 Å².